The fourth-order valence-electron chi connectivity index (χ4n) is 1.38. The number of halogens is 3. The smallest absolute Gasteiger partial charge is 0.140 e. The molecule has 1 heterocycles. The molecule has 17 heavy (non-hydrogen) atoms. The zero-order chi connectivity index (χ0) is 12.3. The third-order valence-electron chi connectivity index (χ3n) is 2.16. The maximum atomic E-state index is 13.0. The lowest BCUT2D eigenvalue weighted by atomic mass is 10.2. The van der Waals surface area contributed by atoms with Crippen molar-refractivity contribution in [2.24, 2.45) is 0 Å². The van der Waals surface area contributed by atoms with E-state index in [0.717, 1.165) is 20.3 Å². The first kappa shape index (κ1) is 12.5. The number of hydrogen-bond acceptors (Lipinski definition) is 2. The van der Waals surface area contributed by atoms with Crippen molar-refractivity contribution in [3.8, 4) is 0 Å². The monoisotopic (exact) mass is 358 g/mol. The summed E-state index contributed by atoms with van der Waals surface area (Å²) in [4.78, 5) is 4.22. The van der Waals surface area contributed by atoms with Gasteiger partial charge in [-0.15, -0.1) is 0 Å². The van der Waals surface area contributed by atoms with E-state index in [1.165, 1.54) is 12.1 Å². The number of nitrogens with one attached hydrogen (secondary N) is 1. The molecule has 0 saturated heterocycles. The second-order valence-corrected chi connectivity index (χ2v) is 5.24. The SMILES string of the molecule is Fc1cccc(CNc2ncc(Br)cc2Br)c1. The fourth-order valence-corrected chi connectivity index (χ4v) is 2.51. The Balaban J connectivity index is 2.07. The molecular weight excluding hydrogens is 351 g/mol. The summed E-state index contributed by atoms with van der Waals surface area (Å²) in [7, 11) is 0. The van der Waals surface area contributed by atoms with Gasteiger partial charge in [0.15, 0.2) is 0 Å². The molecule has 0 amide bonds. The highest BCUT2D eigenvalue weighted by Crippen LogP contribution is 2.23. The van der Waals surface area contributed by atoms with E-state index < -0.39 is 0 Å². The summed E-state index contributed by atoms with van der Waals surface area (Å²) in [5.74, 6) is 0.504. The van der Waals surface area contributed by atoms with Gasteiger partial charge in [-0.25, -0.2) is 9.37 Å². The van der Waals surface area contributed by atoms with Gasteiger partial charge in [-0.05, 0) is 55.6 Å². The third kappa shape index (κ3) is 3.51. The highest BCUT2D eigenvalue weighted by atomic mass is 79.9. The Labute approximate surface area is 116 Å². The van der Waals surface area contributed by atoms with Crippen LogP contribution in [0.5, 0.6) is 0 Å². The number of pyridine rings is 1. The van der Waals surface area contributed by atoms with Crippen LogP contribution in [0, 0.1) is 5.82 Å². The maximum absolute atomic E-state index is 13.0. The Hall–Kier alpha value is -0.940. The van der Waals surface area contributed by atoms with Gasteiger partial charge >= 0.3 is 0 Å². The lowest BCUT2D eigenvalue weighted by molar-refractivity contribution is 0.626. The van der Waals surface area contributed by atoms with Crippen molar-refractivity contribution < 1.29 is 4.39 Å². The lowest BCUT2D eigenvalue weighted by Gasteiger charge is -2.07. The predicted octanol–water partition coefficient (Wildman–Crippen LogP) is 4.36. The van der Waals surface area contributed by atoms with Crippen LogP contribution >= 0.6 is 31.9 Å². The molecule has 2 rings (SSSR count). The van der Waals surface area contributed by atoms with Gasteiger partial charge in [-0.2, -0.15) is 0 Å². The van der Waals surface area contributed by atoms with Crippen molar-refractivity contribution in [2.45, 2.75) is 6.54 Å². The summed E-state index contributed by atoms with van der Waals surface area (Å²) < 4.78 is 14.7. The Kier molecular flexibility index (Phi) is 4.12. The van der Waals surface area contributed by atoms with Crippen LogP contribution < -0.4 is 5.32 Å². The van der Waals surface area contributed by atoms with E-state index in [2.05, 4.69) is 42.2 Å². The Bertz CT molecular complexity index is 532. The van der Waals surface area contributed by atoms with Crippen LogP contribution in [-0.4, -0.2) is 4.98 Å². The molecule has 1 aromatic carbocycles. The Morgan fingerprint density at radius 1 is 1.24 bits per heavy atom. The first-order valence-electron chi connectivity index (χ1n) is 4.94. The number of nitrogens with zero attached hydrogens (tertiary/aromatic N) is 1. The van der Waals surface area contributed by atoms with E-state index in [0.29, 0.717) is 6.54 Å². The minimum Gasteiger partial charge on any atom is -0.365 e. The van der Waals surface area contributed by atoms with Crippen LogP contribution in [0.1, 0.15) is 5.56 Å². The average Bonchev–Trinajstić information content (AvgIpc) is 2.28. The molecule has 1 N–H and O–H groups in total. The van der Waals surface area contributed by atoms with E-state index in [1.807, 2.05) is 12.1 Å². The molecule has 0 spiro atoms. The molecule has 2 aromatic rings. The molecule has 0 radical (unpaired) electrons. The summed E-state index contributed by atoms with van der Waals surface area (Å²) in [6.45, 7) is 0.533. The first-order chi connectivity index (χ1) is 8.15. The molecule has 0 bridgehead atoms. The number of anilines is 1. The standard InChI is InChI=1S/C12H9Br2FN2/c13-9-5-11(14)12(17-7-9)16-6-8-2-1-3-10(15)4-8/h1-5,7H,6H2,(H,16,17). The van der Waals surface area contributed by atoms with Crippen molar-refractivity contribution in [1.82, 2.24) is 4.98 Å². The normalized spacial score (nSPS) is 10.3. The molecule has 1 aromatic heterocycles. The number of rotatable bonds is 3. The molecule has 5 heteroatoms. The van der Waals surface area contributed by atoms with Crippen LogP contribution in [0.3, 0.4) is 0 Å². The number of hydrogen-bond donors (Lipinski definition) is 1. The largest absolute Gasteiger partial charge is 0.365 e. The molecule has 0 unspecified atom stereocenters. The highest BCUT2D eigenvalue weighted by Gasteiger charge is 2.02. The zero-order valence-electron chi connectivity index (χ0n) is 8.75. The topological polar surface area (TPSA) is 24.9 Å². The Morgan fingerprint density at radius 2 is 2.06 bits per heavy atom. The quantitative estimate of drug-likeness (QED) is 0.880. The molecule has 2 nitrogen and oxygen atoms in total. The van der Waals surface area contributed by atoms with Gasteiger partial charge in [0.2, 0.25) is 0 Å². The molecular formula is C12H9Br2FN2. The van der Waals surface area contributed by atoms with Crippen LogP contribution in [0.4, 0.5) is 10.2 Å². The van der Waals surface area contributed by atoms with Crippen LogP contribution in [0.25, 0.3) is 0 Å². The molecule has 0 aliphatic carbocycles. The number of benzene rings is 1. The molecule has 0 saturated carbocycles. The molecule has 88 valence electrons. The summed E-state index contributed by atoms with van der Waals surface area (Å²) in [5, 5.41) is 3.14. The predicted molar refractivity (Wildman–Crippen MR) is 73.4 cm³/mol. The van der Waals surface area contributed by atoms with Crippen LogP contribution in [0.2, 0.25) is 0 Å². The van der Waals surface area contributed by atoms with E-state index >= 15 is 0 Å². The second kappa shape index (κ2) is 5.60. The first-order valence-corrected chi connectivity index (χ1v) is 6.53. The van der Waals surface area contributed by atoms with Gasteiger partial charge in [-0.3, -0.25) is 0 Å². The lowest BCUT2D eigenvalue weighted by Crippen LogP contribution is -2.02. The van der Waals surface area contributed by atoms with E-state index in [1.54, 1.807) is 12.3 Å². The average molecular weight is 360 g/mol. The van der Waals surface area contributed by atoms with E-state index in [-0.39, 0.29) is 5.82 Å². The van der Waals surface area contributed by atoms with Gasteiger partial charge in [0.25, 0.3) is 0 Å². The van der Waals surface area contributed by atoms with Crippen LogP contribution in [0.15, 0.2) is 45.5 Å². The van der Waals surface area contributed by atoms with Crippen molar-refractivity contribution in [2.75, 3.05) is 5.32 Å². The van der Waals surface area contributed by atoms with Crippen molar-refractivity contribution >= 4 is 37.7 Å². The molecule has 0 aliphatic rings. The summed E-state index contributed by atoms with van der Waals surface area (Å²) in [5.41, 5.74) is 0.876. The van der Waals surface area contributed by atoms with Gasteiger partial charge in [0.05, 0.1) is 4.47 Å². The third-order valence-corrected chi connectivity index (χ3v) is 3.19. The highest BCUT2D eigenvalue weighted by molar-refractivity contribution is 9.11. The minimum atomic E-state index is -0.230. The van der Waals surface area contributed by atoms with Crippen molar-refractivity contribution in [3.05, 3.63) is 56.9 Å². The Morgan fingerprint density at radius 3 is 2.76 bits per heavy atom. The van der Waals surface area contributed by atoms with E-state index in [4.69, 9.17) is 0 Å². The summed E-state index contributed by atoms with van der Waals surface area (Å²) in [6.07, 6.45) is 1.71. The van der Waals surface area contributed by atoms with Crippen molar-refractivity contribution in [1.29, 1.82) is 0 Å². The number of aromatic nitrogens is 1. The summed E-state index contributed by atoms with van der Waals surface area (Å²) in [6, 6.07) is 8.39. The minimum absolute atomic E-state index is 0.230. The summed E-state index contributed by atoms with van der Waals surface area (Å²) >= 11 is 6.74. The maximum Gasteiger partial charge on any atom is 0.140 e. The van der Waals surface area contributed by atoms with Gasteiger partial charge < -0.3 is 5.32 Å². The van der Waals surface area contributed by atoms with Gasteiger partial charge in [-0.1, -0.05) is 12.1 Å². The zero-order valence-corrected chi connectivity index (χ0v) is 11.9. The second-order valence-electron chi connectivity index (χ2n) is 3.47. The van der Waals surface area contributed by atoms with Gasteiger partial charge in [0, 0.05) is 17.2 Å². The van der Waals surface area contributed by atoms with Crippen molar-refractivity contribution in [3.63, 3.8) is 0 Å². The van der Waals surface area contributed by atoms with E-state index in [9.17, 15) is 4.39 Å². The van der Waals surface area contributed by atoms with Gasteiger partial charge in [0.1, 0.15) is 11.6 Å². The molecule has 0 fully saturated rings. The van der Waals surface area contributed by atoms with Crippen LogP contribution in [-0.2, 0) is 6.54 Å². The molecule has 0 aliphatic heterocycles. The molecule has 0 atom stereocenters. The fraction of sp³-hybridized carbons (Fsp3) is 0.0833.